The number of halogens is 1. The van der Waals surface area contributed by atoms with Gasteiger partial charge in [0.2, 0.25) is 5.91 Å². The monoisotopic (exact) mass is 1600 g/mol. The number of rotatable bonds is 40. The molecule has 3 fully saturated rings. The van der Waals surface area contributed by atoms with Gasteiger partial charge in [-0.1, -0.05) is 285 Å². The molecule has 11 aromatic carbocycles. The third-order valence-electron chi connectivity index (χ3n) is 21.0. The van der Waals surface area contributed by atoms with E-state index in [2.05, 4.69) is 5.32 Å². The van der Waals surface area contributed by atoms with Crippen LogP contribution in [0, 0.1) is 11.7 Å². The minimum Gasteiger partial charge on any atom is -0.447 e. The predicted molar refractivity (Wildman–Crippen MR) is 439 cm³/mol. The largest absolute Gasteiger partial charge is 0.447 e. The smallest absolute Gasteiger partial charge is 0.416 e. The number of para-hydroxylation sites is 1. The molecule has 3 aliphatic heterocycles. The molecule has 14 rings (SSSR count). The van der Waals surface area contributed by atoms with Crippen LogP contribution >= 0.6 is 0 Å². The van der Waals surface area contributed by atoms with Crippen LogP contribution < -0.4 is 9.50 Å². The van der Waals surface area contributed by atoms with E-state index in [0.29, 0.717) is 23.2 Å². The zero-order valence-electron chi connectivity index (χ0n) is 64.8. The number of imide groups is 1. The van der Waals surface area contributed by atoms with Crippen LogP contribution in [-0.2, 0) is 120 Å². The molecule has 0 bridgehead atoms. The third-order valence-corrected chi connectivity index (χ3v) is 22.2. The Hall–Kier alpha value is -10.6. The summed E-state index contributed by atoms with van der Waals surface area (Å²) < 4.78 is 129. The summed E-state index contributed by atoms with van der Waals surface area (Å²) in [5.74, 6) is -2.99. The minimum absolute atomic E-state index is 0.00188. The van der Waals surface area contributed by atoms with Crippen molar-refractivity contribution in [2.75, 3.05) is 30.9 Å². The lowest BCUT2D eigenvalue weighted by Gasteiger charge is -2.50. The molecule has 0 radical (unpaired) electrons. The number of hydrogen-bond donors (Lipinski definition) is 2. The lowest BCUT2D eigenvalue weighted by molar-refractivity contribution is -0.362. The number of amides is 2. The van der Waals surface area contributed by atoms with Crippen molar-refractivity contribution >= 4 is 27.8 Å². The van der Waals surface area contributed by atoms with Gasteiger partial charge in [0.15, 0.2) is 6.29 Å². The van der Waals surface area contributed by atoms with E-state index in [1.54, 1.807) is 12.1 Å². The summed E-state index contributed by atoms with van der Waals surface area (Å²) in [5.41, 5.74) is 8.49. The van der Waals surface area contributed by atoms with E-state index < -0.39 is 119 Å². The number of cyclic esters (lactones) is 1. The van der Waals surface area contributed by atoms with Crippen molar-refractivity contribution in [1.82, 2.24) is 4.90 Å². The molecule has 2 amide bonds. The third kappa shape index (κ3) is 23.6. The van der Waals surface area contributed by atoms with E-state index in [4.69, 9.17) is 56.3 Å². The highest BCUT2D eigenvalue weighted by atomic mass is 32.2. The predicted octanol–water partition coefficient (Wildman–Crippen LogP) is 16.6. The number of aliphatic hydroxyl groups is 1. The van der Waals surface area contributed by atoms with Crippen LogP contribution in [0.5, 0.6) is 5.75 Å². The van der Waals surface area contributed by atoms with Crippen LogP contribution in [0.3, 0.4) is 0 Å². The Bertz CT molecular complexity index is 4900. The van der Waals surface area contributed by atoms with Crippen LogP contribution in [0.15, 0.2) is 322 Å². The number of benzene rings is 11. The SMILES string of the molecule is O=C1OC[C@H](Cc2ccccc2)N1C(=O)[C@H](CC[C@H](O)c1ccc(F)cc1)[C@H](Nc1ccccc1)c1ccc(OS(=O)(=O)C[C@@H]2OC(COCc3ccccc3)[C@@H](O[C@@H]3OC(COCc4ccccc4)[C@@H](OCc4ccccc4)[C@@H](OCc4ccccc4)C3OCc3ccccc3)[C@@H](OCc3ccccc3)C2OCc2ccccc2)cc1. The van der Waals surface area contributed by atoms with Crippen LogP contribution in [0.25, 0.3) is 0 Å². The maximum Gasteiger partial charge on any atom is 0.416 e. The van der Waals surface area contributed by atoms with Gasteiger partial charge in [-0.25, -0.2) is 14.1 Å². The summed E-state index contributed by atoms with van der Waals surface area (Å²) in [7, 11) is -4.74. The van der Waals surface area contributed by atoms with Crippen molar-refractivity contribution < 1.29 is 83.8 Å². The van der Waals surface area contributed by atoms with Crippen LogP contribution in [-0.4, -0.2) is 123 Å². The van der Waals surface area contributed by atoms with Gasteiger partial charge in [-0.3, -0.25) is 4.79 Å². The van der Waals surface area contributed by atoms with Gasteiger partial charge in [0, 0.05) is 5.69 Å². The zero-order chi connectivity index (χ0) is 80.4. The molecule has 0 aromatic heterocycles. The van der Waals surface area contributed by atoms with Crippen LogP contribution in [0.1, 0.15) is 80.6 Å². The molecule has 606 valence electrons. The Kier molecular flexibility index (Phi) is 29.8. The van der Waals surface area contributed by atoms with E-state index in [0.717, 1.165) is 44.5 Å². The molecule has 11 aromatic rings. The topological polar surface area (TPSA) is 215 Å². The molecule has 3 heterocycles. The summed E-state index contributed by atoms with van der Waals surface area (Å²) >= 11 is 0. The summed E-state index contributed by atoms with van der Waals surface area (Å²) in [6.07, 6.45) is -12.8. The number of anilines is 1. The molecule has 0 aliphatic carbocycles. The van der Waals surface area contributed by atoms with Crippen molar-refractivity contribution in [3.8, 4) is 5.75 Å². The van der Waals surface area contributed by atoms with Gasteiger partial charge in [0.25, 0.3) is 0 Å². The number of nitrogens with zero attached hydrogens (tertiary/aromatic N) is 1. The molecule has 14 atom stereocenters. The highest BCUT2D eigenvalue weighted by Crippen LogP contribution is 2.40. The molecule has 0 spiro atoms. The summed E-state index contributed by atoms with van der Waals surface area (Å²) in [4.78, 5) is 30.7. The molecular weight excluding hydrogens is 1500 g/mol. The van der Waals surface area contributed by atoms with Crippen LogP contribution in [0.4, 0.5) is 14.9 Å². The van der Waals surface area contributed by atoms with Gasteiger partial charge < -0.3 is 66.7 Å². The number of nitrogens with one attached hydrogen (secondary N) is 1. The quantitative estimate of drug-likeness (QED) is 0.0342. The van der Waals surface area contributed by atoms with Crippen molar-refractivity contribution in [1.29, 1.82) is 0 Å². The average molecular weight is 1600 g/mol. The van der Waals surface area contributed by atoms with E-state index in [9.17, 15) is 14.3 Å². The molecule has 3 saturated heterocycles. The van der Waals surface area contributed by atoms with E-state index in [1.807, 2.05) is 273 Å². The second-order valence-electron chi connectivity index (χ2n) is 29.4. The van der Waals surface area contributed by atoms with Gasteiger partial charge in [-0.05, 0) is 111 Å². The summed E-state index contributed by atoms with van der Waals surface area (Å²) in [6, 6.07) is 96.9. The Balaban J connectivity index is 0.822. The van der Waals surface area contributed by atoms with Gasteiger partial charge in [-0.15, -0.1) is 0 Å². The highest BCUT2D eigenvalue weighted by Gasteiger charge is 2.55. The van der Waals surface area contributed by atoms with Gasteiger partial charge >= 0.3 is 16.2 Å². The van der Waals surface area contributed by atoms with Gasteiger partial charge in [0.1, 0.15) is 78.9 Å². The first-order valence-electron chi connectivity index (χ1n) is 39.7. The number of ether oxygens (including phenoxy) is 11. The molecule has 0 saturated carbocycles. The van der Waals surface area contributed by atoms with Crippen molar-refractivity contribution in [3.63, 3.8) is 0 Å². The standard InChI is InChI=1S/C96H97FN2O17S/c97-78-50-46-76(47-51-78)83(100)55-54-82(94(101)99-80(64-112-96(99)102)56-68-28-10-1-11-29-68)87(98-79-44-26-9-27-45-79)77-48-52-81(53-49-77)116-117(103,104)67-86-89(108-60-72-36-18-5-19-37-72)91(109-61-73-38-20-6-21-39-73)90(85(113-86)66-106-58-70-32-14-3-15-33-70)115-95-93(111-63-75-42-24-8-25-43-75)92(110-62-74-40-22-7-23-41-74)88(107-59-71-34-16-4-17-35-71)84(114-95)65-105-57-69-30-12-2-13-31-69/h1-53,80,82-93,95,98,100H,54-67H2/t80-,82+,83-,84?,85?,86-,87+,88+,89?,90+,91-,92+,93?,95-/m0/s1. The fourth-order valence-corrected chi connectivity index (χ4v) is 16.2. The molecule has 21 heteroatoms. The number of carbonyl (C=O) groups excluding carboxylic acids is 2. The fourth-order valence-electron chi connectivity index (χ4n) is 15.0. The second-order valence-corrected chi connectivity index (χ2v) is 31.0. The van der Waals surface area contributed by atoms with E-state index in [-0.39, 0.29) is 84.7 Å². The van der Waals surface area contributed by atoms with E-state index in [1.165, 1.54) is 41.3 Å². The number of aliphatic hydroxyl groups excluding tert-OH is 1. The Morgan fingerprint density at radius 2 is 0.821 bits per heavy atom. The lowest BCUT2D eigenvalue weighted by atomic mass is 9.85. The van der Waals surface area contributed by atoms with Crippen molar-refractivity contribution in [3.05, 3.63) is 383 Å². The molecule has 117 heavy (non-hydrogen) atoms. The van der Waals surface area contributed by atoms with E-state index >= 15 is 13.2 Å². The first-order chi connectivity index (χ1) is 57.4. The fraction of sp³-hybridized carbons (Fsp3) is 0.292. The maximum absolute atomic E-state index is 15.6. The normalized spacial score (nSPS) is 21.5. The first kappa shape index (κ1) is 82.9. The maximum atomic E-state index is 15.6. The average Bonchev–Trinajstić information content (AvgIpc) is 1.10. The summed E-state index contributed by atoms with van der Waals surface area (Å²) in [6.45, 7) is 0.561. The van der Waals surface area contributed by atoms with Crippen molar-refractivity contribution in [2.24, 2.45) is 5.92 Å². The number of hydrogen-bond acceptors (Lipinski definition) is 18. The van der Waals surface area contributed by atoms with Gasteiger partial charge in [0.05, 0.1) is 83.6 Å². The Morgan fingerprint density at radius 3 is 1.28 bits per heavy atom. The second kappa shape index (κ2) is 42.0. The Morgan fingerprint density at radius 1 is 0.436 bits per heavy atom. The molecule has 2 N–H and O–H groups in total. The molecule has 19 nitrogen and oxygen atoms in total. The molecule has 4 unspecified atom stereocenters. The molecular formula is C96H97FN2O17S. The lowest BCUT2D eigenvalue weighted by Crippen LogP contribution is -2.66. The molecule has 3 aliphatic rings. The number of carbonyl (C=O) groups is 2. The first-order valence-corrected chi connectivity index (χ1v) is 41.2. The minimum atomic E-state index is -4.74. The zero-order valence-corrected chi connectivity index (χ0v) is 65.6. The van der Waals surface area contributed by atoms with Crippen molar-refractivity contribution in [2.45, 2.75) is 145 Å². The highest BCUT2D eigenvalue weighted by molar-refractivity contribution is 7.87. The summed E-state index contributed by atoms with van der Waals surface area (Å²) in [5, 5.41) is 15.3. The van der Waals surface area contributed by atoms with Gasteiger partial charge in [-0.2, -0.15) is 8.42 Å². The van der Waals surface area contributed by atoms with Crippen LogP contribution in [0.2, 0.25) is 0 Å². The Labute approximate surface area is 683 Å².